The van der Waals surface area contributed by atoms with Gasteiger partial charge in [-0.3, -0.25) is 0 Å². The van der Waals surface area contributed by atoms with E-state index in [4.69, 9.17) is 32.5 Å². The predicted molar refractivity (Wildman–Crippen MR) is 151 cm³/mol. The highest BCUT2D eigenvalue weighted by Crippen LogP contribution is 2.53. The minimum atomic E-state index is -1.33. The summed E-state index contributed by atoms with van der Waals surface area (Å²) in [6, 6.07) is 7.66. The first kappa shape index (κ1) is 27.6. The van der Waals surface area contributed by atoms with Gasteiger partial charge in [0.15, 0.2) is 5.82 Å². The van der Waals surface area contributed by atoms with E-state index in [2.05, 4.69) is 10.1 Å². The Bertz CT molecular complexity index is 1610. The monoisotopic (exact) mass is 604 g/mol. The van der Waals surface area contributed by atoms with Crippen LogP contribution in [0.4, 0.5) is 4.39 Å². The van der Waals surface area contributed by atoms with Crippen LogP contribution in [0.25, 0.3) is 21.5 Å². The lowest BCUT2D eigenvalue weighted by Crippen LogP contribution is -2.48. The van der Waals surface area contributed by atoms with Gasteiger partial charge < -0.3 is 19.5 Å². The second-order valence-corrected chi connectivity index (χ2v) is 13.1. The standard InChI is InChI=1S/C29H27Cl2FN2O5S/c1-28(2)12-16(8-9-29(28,37)27-33-24-20(32)10-15(26(35)36)11-21(24)40-27)38-13-17-23(34-39-25(17)14-6-7-14)22-18(30)4-3-5-19(22)31/h3-5,10-11,14,16,37H,6-9,12-13H2,1-2H3,(H,35,36)/t16-,29-/m0/s1. The van der Waals surface area contributed by atoms with E-state index in [1.807, 2.05) is 13.8 Å². The molecule has 2 atom stereocenters. The minimum Gasteiger partial charge on any atom is -0.478 e. The van der Waals surface area contributed by atoms with Crippen LogP contribution in [0.1, 0.15) is 78.6 Å². The number of carbonyl (C=O) groups is 1. The third-order valence-corrected chi connectivity index (χ3v) is 9.95. The first-order valence-electron chi connectivity index (χ1n) is 13.1. The number of aromatic carboxylic acids is 1. The Morgan fingerprint density at radius 3 is 2.60 bits per heavy atom. The van der Waals surface area contributed by atoms with Crippen molar-refractivity contribution in [2.24, 2.45) is 5.41 Å². The van der Waals surface area contributed by atoms with Crippen LogP contribution in [-0.2, 0) is 16.9 Å². The van der Waals surface area contributed by atoms with Crippen molar-refractivity contribution in [1.29, 1.82) is 0 Å². The van der Waals surface area contributed by atoms with E-state index in [0.717, 1.165) is 41.6 Å². The minimum absolute atomic E-state index is 0.0680. The van der Waals surface area contributed by atoms with Crippen LogP contribution >= 0.6 is 34.5 Å². The van der Waals surface area contributed by atoms with Crippen LogP contribution in [-0.4, -0.2) is 32.4 Å². The second-order valence-electron chi connectivity index (χ2n) is 11.3. The number of hydrogen-bond donors (Lipinski definition) is 2. The summed E-state index contributed by atoms with van der Waals surface area (Å²) in [6.07, 6.45) is 3.30. The first-order valence-corrected chi connectivity index (χ1v) is 14.7. The average molecular weight is 606 g/mol. The quantitative estimate of drug-likeness (QED) is 0.220. The molecule has 0 saturated heterocycles. The van der Waals surface area contributed by atoms with Gasteiger partial charge >= 0.3 is 5.97 Å². The molecule has 2 aliphatic carbocycles. The Hall–Kier alpha value is -2.56. The molecule has 0 spiro atoms. The number of ether oxygens (including phenoxy) is 1. The van der Waals surface area contributed by atoms with E-state index in [0.29, 0.717) is 56.2 Å². The number of carboxylic acid groups (broad SMARTS) is 1. The fraction of sp³-hybridized carbons (Fsp3) is 0.414. The first-order chi connectivity index (χ1) is 19.0. The van der Waals surface area contributed by atoms with Gasteiger partial charge in [-0.05, 0) is 56.4 Å². The number of fused-ring (bicyclic) bond motifs is 1. The van der Waals surface area contributed by atoms with E-state index in [1.54, 1.807) is 18.2 Å². The van der Waals surface area contributed by atoms with E-state index >= 15 is 0 Å². The van der Waals surface area contributed by atoms with Crippen LogP contribution in [0.3, 0.4) is 0 Å². The maximum atomic E-state index is 14.7. The molecule has 2 aromatic heterocycles. The lowest BCUT2D eigenvalue weighted by Gasteiger charge is -2.47. The number of halogens is 3. The van der Waals surface area contributed by atoms with Crippen LogP contribution in [0.5, 0.6) is 0 Å². The Morgan fingerprint density at radius 2 is 1.95 bits per heavy atom. The zero-order chi connectivity index (χ0) is 28.4. The maximum Gasteiger partial charge on any atom is 0.335 e. The van der Waals surface area contributed by atoms with Gasteiger partial charge in [0.2, 0.25) is 0 Å². The third kappa shape index (κ3) is 4.71. The number of aliphatic hydroxyl groups is 1. The molecule has 210 valence electrons. The highest BCUT2D eigenvalue weighted by atomic mass is 35.5. The normalized spacial score (nSPS) is 22.6. The molecule has 2 heterocycles. The van der Waals surface area contributed by atoms with Crippen molar-refractivity contribution >= 4 is 50.7 Å². The summed E-state index contributed by atoms with van der Waals surface area (Å²) < 4.78 is 27.2. The Labute approximate surface area is 243 Å². The number of nitrogens with zero attached hydrogens (tertiary/aromatic N) is 2. The van der Waals surface area contributed by atoms with Crippen LogP contribution in [0.15, 0.2) is 34.9 Å². The Morgan fingerprint density at radius 1 is 1.23 bits per heavy atom. The second kappa shape index (κ2) is 10.1. The number of carboxylic acids is 1. The molecule has 2 saturated carbocycles. The molecule has 0 bridgehead atoms. The van der Waals surface area contributed by atoms with Crippen molar-refractivity contribution in [3.63, 3.8) is 0 Å². The van der Waals surface area contributed by atoms with Gasteiger partial charge in [0.1, 0.15) is 27.6 Å². The average Bonchev–Trinajstić information content (AvgIpc) is 3.50. The largest absolute Gasteiger partial charge is 0.478 e. The molecule has 7 nitrogen and oxygen atoms in total. The number of hydrogen-bond acceptors (Lipinski definition) is 7. The third-order valence-electron chi connectivity index (χ3n) is 8.16. The highest BCUT2D eigenvalue weighted by Gasteiger charge is 2.51. The van der Waals surface area contributed by atoms with Crippen molar-refractivity contribution in [2.75, 3.05) is 0 Å². The lowest BCUT2D eigenvalue weighted by molar-refractivity contribution is -0.146. The van der Waals surface area contributed by atoms with Gasteiger partial charge in [0.05, 0.1) is 33.0 Å². The van der Waals surface area contributed by atoms with E-state index in [1.165, 1.54) is 6.07 Å². The van der Waals surface area contributed by atoms with Crippen molar-refractivity contribution in [3.8, 4) is 11.3 Å². The fourth-order valence-electron chi connectivity index (χ4n) is 5.63. The smallest absolute Gasteiger partial charge is 0.335 e. The van der Waals surface area contributed by atoms with Gasteiger partial charge in [0, 0.05) is 22.5 Å². The number of rotatable bonds is 7. The van der Waals surface area contributed by atoms with E-state index in [-0.39, 0.29) is 23.8 Å². The Balaban J connectivity index is 1.24. The Kier molecular flexibility index (Phi) is 6.94. The molecule has 2 aliphatic rings. The zero-order valence-electron chi connectivity index (χ0n) is 21.8. The maximum absolute atomic E-state index is 14.7. The summed E-state index contributed by atoms with van der Waals surface area (Å²) in [4.78, 5) is 15.8. The molecule has 6 rings (SSSR count). The molecular weight excluding hydrogens is 578 g/mol. The van der Waals surface area contributed by atoms with Gasteiger partial charge in [-0.1, -0.05) is 48.3 Å². The predicted octanol–water partition coefficient (Wildman–Crippen LogP) is 7.96. The van der Waals surface area contributed by atoms with Gasteiger partial charge in [-0.2, -0.15) is 0 Å². The van der Waals surface area contributed by atoms with E-state index < -0.39 is 22.8 Å². The summed E-state index contributed by atoms with van der Waals surface area (Å²) >= 11 is 14.1. The summed E-state index contributed by atoms with van der Waals surface area (Å²) in [5, 5.41) is 26.9. The van der Waals surface area contributed by atoms with Crippen molar-refractivity contribution in [2.45, 2.75) is 70.2 Å². The number of benzene rings is 2. The van der Waals surface area contributed by atoms with Gasteiger partial charge in [-0.25, -0.2) is 14.2 Å². The SMILES string of the molecule is CC1(C)C[C@@H](OCc2c(-c3c(Cl)cccc3Cl)noc2C2CC2)CC[C@]1(O)c1nc2c(F)cc(C(=O)O)cc2s1. The number of aromatic nitrogens is 2. The van der Waals surface area contributed by atoms with Gasteiger partial charge in [-0.15, -0.1) is 11.3 Å². The van der Waals surface area contributed by atoms with Crippen molar-refractivity contribution in [3.05, 3.63) is 68.1 Å². The molecule has 2 aromatic carbocycles. The molecule has 11 heteroatoms. The molecule has 0 radical (unpaired) electrons. The van der Waals surface area contributed by atoms with Crippen LogP contribution in [0.2, 0.25) is 10.0 Å². The summed E-state index contributed by atoms with van der Waals surface area (Å²) in [5.41, 5.74) is -0.0443. The molecule has 2 N–H and O–H groups in total. The van der Waals surface area contributed by atoms with Gasteiger partial charge in [0.25, 0.3) is 0 Å². The van der Waals surface area contributed by atoms with Crippen molar-refractivity contribution < 1.29 is 28.7 Å². The molecule has 40 heavy (non-hydrogen) atoms. The molecule has 0 unspecified atom stereocenters. The summed E-state index contributed by atoms with van der Waals surface area (Å²) in [7, 11) is 0. The zero-order valence-corrected chi connectivity index (χ0v) is 24.2. The molecular formula is C29H27Cl2FN2O5S. The molecule has 0 amide bonds. The molecule has 0 aliphatic heterocycles. The lowest BCUT2D eigenvalue weighted by atomic mass is 9.64. The fourth-order valence-corrected chi connectivity index (χ4v) is 7.52. The van der Waals surface area contributed by atoms with Crippen molar-refractivity contribution in [1.82, 2.24) is 10.1 Å². The van der Waals surface area contributed by atoms with Crippen LogP contribution < -0.4 is 0 Å². The summed E-state index contributed by atoms with van der Waals surface area (Å²) in [5.74, 6) is -0.833. The summed E-state index contributed by atoms with van der Waals surface area (Å²) in [6.45, 7) is 4.14. The number of thiazole rings is 1. The topological polar surface area (TPSA) is 106 Å². The highest BCUT2D eigenvalue weighted by molar-refractivity contribution is 7.18. The molecule has 2 fully saturated rings. The van der Waals surface area contributed by atoms with E-state index in [9.17, 15) is 19.4 Å². The van der Waals surface area contributed by atoms with Crippen LogP contribution in [0, 0.1) is 11.2 Å². The molecule has 4 aromatic rings.